The van der Waals surface area contributed by atoms with Gasteiger partial charge in [0.05, 0.1) is 24.1 Å². The Hall–Kier alpha value is -1.37. The van der Waals surface area contributed by atoms with Crippen LogP contribution in [0.25, 0.3) is 0 Å². The van der Waals surface area contributed by atoms with E-state index in [1.165, 1.54) is 12.3 Å². The lowest BCUT2D eigenvalue weighted by Gasteiger charge is -2.20. The van der Waals surface area contributed by atoms with Crippen molar-refractivity contribution in [2.24, 2.45) is 0 Å². The SMILES string of the molecule is Nc1cnc(Cl)cc1C(=O)NCC1(O)CCOC1. The topological polar surface area (TPSA) is 97.5 Å². The fourth-order valence-electron chi connectivity index (χ4n) is 1.71. The van der Waals surface area contributed by atoms with E-state index >= 15 is 0 Å². The number of ether oxygens (including phenoxy) is 1. The van der Waals surface area contributed by atoms with Crippen LogP contribution < -0.4 is 11.1 Å². The average Bonchev–Trinajstić information content (AvgIpc) is 2.77. The summed E-state index contributed by atoms with van der Waals surface area (Å²) >= 11 is 5.70. The number of nitrogens with one attached hydrogen (secondary N) is 1. The van der Waals surface area contributed by atoms with E-state index in [0.717, 1.165) is 0 Å². The van der Waals surface area contributed by atoms with E-state index in [9.17, 15) is 9.90 Å². The zero-order chi connectivity index (χ0) is 13.2. The molecule has 1 aliphatic rings. The predicted molar refractivity (Wildman–Crippen MR) is 66.4 cm³/mol. The standard InChI is InChI=1S/C11H14ClN3O3/c12-9-3-7(8(13)4-14-9)10(16)15-5-11(17)1-2-18-6-11/h3-4,17H,1-2,5-6,13H2,(H,15,16). The van der Waals surface area contributed by atoms with E-state index in [1.807, 2.05) is 0 Å². The van der Waals surface area contributed by atoms with E-state index in [1.54, 1.807) is 0 Å². The van der Waals surface area contributed by atoms with Crippen molar-refractivity contribution in [2.45, 2.75) is 12.0 Å². The van der Waals surface area contributed by atoms with Gasteiger partial charge in [0.2, 0.25) is 0 Å². The molecule has 2 heterocycles. The number of carbonyl (C=O) groups excluding carboxylic acids is 1. The van der Waals surface area contributed by atoms with Crippen LogP contribution in [0.5, 0.6) is 0 Å². The molecular weight excluding hydrogens is 258 g/mol. The smallest absolute Gasteiger partial charge is 0.253 e. The molecule has 1 aliphatic heterocycles. The molecular formula is C11H14ClN3O3. The van der Waals surface area contributed by atoms with Crippen molar-refractivity contribution in [2.75, 3.05) is 25.5 Å². The summed E-state index contributed by atoms with van der Waals surface area (Å²) in [5.74, 6) is -0.392. The second-order valence-corrected chi connectivity index (χ2v) is 4.69. The number of hydrogen-bond donors (Lipinski definition) is 3. The lowest BCUT2D eigenvalue weighted by atomic mass is 10.0. The number of pyridine rings is 1. The predicted octanol–water partition coefficient (Wildman–Crippen LogP) is 0.198. The molecule has 18 heavy (non-hydrogen) atoms. The van der Waals surface area contributed by atoms with E-state index < -0.39 is 11.5 Å². The van der Waals surface area contributed by atoms with Gasteiger partial charge < -0.3 is 20.9 Å². The Morgan fingerprint density at radius 1 is 1.72 bits per heavy atom. The van der Waals surface area contributed by atoms with Crippen LogP contribution in [0.3, 0.4) is 0 Å². The van der Waals surface area contributed by atoms with Gasteiger partial charge in [0.1, 0.15) is 10.8 Å². The van der Waals surface area contributed by atoms with Crippen molar-refractivity contribution in [1.82, 2.24) is 10.3 Å². The molecule has 98 valence electrons. The number of nitrogens with two attached hydrogens (primary N) is 1. The van der Waals surface area contributed by atoms with Crippen LogP contribution in [0, 0.1) is 0 Å². The minimum absolute atomic E-state index is 0.116. The fourth-order valence-corrected chi connectivity index (χ4v) is 1.87. The molecule has 0 aromatic carbocycles. The summed E-state index contributed by atoms with van der Waals surface area (Å²) in [5.41, 5.74) is 5.13. The molecule has 7 heteroatoms. The molecule has 6 nitrogen and oxygen atoms in total. The molecule has 1 amide bonds. The number of aliphatic hydroxyl groups is 1. The molecule has 1 aromatic heterocycles. The second-order valence-electron chi connectivity index (χ2n) is 4.30. The highest BCUT2D eigenvalue weighted by atomic mass is 35.5. The fraction of sp³-hybridized carbons (Fsp3) is 0.455. The average molecular weight is 272 g/mol. The van der Waals surface area contributed by atoms with Crippen molar-refractivity contribution in [3.05, 3.63) is 23.0 Å². The van der Waals surface area contributed by atoms with Crippen molar-refractivity contribution < 1.29 is 14.6 Å². The highest BCUT2D eigenvalue weighted by molar-refractivity contribution is 6.29. The van der Waals surface area contributed by atoms with Gasteiger partial charge in [0.15, 0.2) is 0 Å². The summed E-state index contributed by atoms with van der Waals surface area (Å²) in [4.78, 5) is 15.7. The Bertz CT molecular complexity index is 461. The number of nitrogens with zero attached hydrogens (tertiary/aromatic N) is 1. The molecule has 2 rings (SSSR count). The summed E-state index contributed by atoms with van der Waals surface area (Å²) in [6.45, 7) is 0.834. The third kappa shape index (κ3) is 2.90. The first-order valence-electron chi connectivity index (χ1n) is 5.49. The Morgan fingerprint density at radius 3 is 3.17 bits per heavy atom. The van der Waals surface area contributed by atoms with Gasteiger partial charge in [-0.05, 0) is 6.07 Å². The number of carbonyl (C=O) groups is 1. The number of aromatic nitrogens is 1. The number of hydrogen-bond acceptors (Lipinski definition) is 5. The largest absolute Gasteiger partial charge is 0.397 e. The maximum absolute atomic E-state index is 11.9. The van der Waals surface area contributed by atoms with E-state index in [4.69, 9.17) is 22.1 Å². The normalized spacial score (nSPS) is 23.0. The minimum atomic E-state index is -0.999. The van der Waals surface area contributed by atoms with Crippen LogP contribution >= 0.6 is 11.6 Å². The maximum atomic E-state index is 11.9. The molecule has 1 atom stereocenters. The zero-order valence-corrected chi connectivity index (χ0v) is 10.4. The van der Waals surface area contributed by atoms with Crippen LogP contribution in [0.1, 0.15) is 16.8 Å². The van der Waals surface area contributed by atoms with Gasteiger partial charge in [-0.1, -0.05) is 11.6 Å². The van der Waals surface area contributed by atoms with Gasteiger partial charge in [0, 0.05) is 19.6 Å². The quantitative estimate of drug-likeness (QED) is 0.682. The van der Waals surface area contributed by atoms with Gasteiger partial charge in [-0.25, -0.2) is 4.98 Å². The van der Waals surface area contributed by atoms with Crippen LogP contribution in [0.15, 0.2) is 12.3 Å². The van der Waals surface area contributed by atoms with Crippen molar-refractivity contribution in [1.29, 1.82) is 0 Å². The molecule has 0 saturated carbocycles. The molecule has 0 radical (unpaired) electrons. The Labute approximate surface area is 109 Å². The maximum Gasteiger partial charge on any atom is 0.253 e. The van der Waals surface area contributed by atoms with Gasteiger partial charge in [-0.2, -0.15) is 0 Å². The number of amides is 1. The highest BCUT2D eigenvalue weighted by Gasteiger charge is 2.32. The van der Waals surface area contributed by atoms with E-state index in [0.29, 0.717) is 13.0 Å². The third-order valence-corrected chi connectivity index (χ3v) is 3.01. The number of rotatable bonds is 3. The molecule has 0 bridgehead atoms. The number of nitrogen functional groups attached to an aromatic ring is 1. The van der Waals surface area contributed by atoms with Gasteiger partial charge in [-0.3, -0.25) is 4.79 Å². The lowest BCUT2D eigenvalue weighted by molar-refractivity contribution is 0.0265. The highest BCUT2D eigenvalue weighted by Crippen LogP contribution is 2.18. The van der Waals surface area contributed by atoms with Gasteiger partial charge in [0.25, 0.3) is 5.91 Å². The van der Waals surface area contributed by atoms with E-state index in [2.05, 4.69) is 10.3 Å². The molecule has 0 spiro atoms. The van der Waals surface area contributed by atoms with Crippen molar-refractivity contribution >= 4 is 23.2 Å². The second kappa shape index (κ2) is 5.09. The summed E-state index contributed by atoms with van der Waals surface area (Å²) in [7, 11) is 0. The monoisotopic (exact) mass is 271 g/mol. The first-order chi connectivity index (χ1) is 8.50. The van der Waals surface area contributed by atoms with Crippen LogP contribution in [0.4, 0.5) is 5.69 Å². The van der Waals surface area contributed by atoms with E-state index in [-0.39, 0.29) is 29.6 Å². The molecule has 0 aliphatic carbocycles. The van der Waals surface area contributed by atoms with Gasteiger partial charge in [-0.15, -0.1) is 0 Å². The van der Waals surface area contributed by atoms with Crippen LogP contribution in [0.2, 0.25) is 5.15 Å². The van der Waals surface area contributed by atoms with Crippen LogP contribution in [-0.2, 0) is 4.74 Å². The molecule has 1 aromatic rings. The molecule has 1 unspecified atom stereocenters. The Morgan fingerprint density at radius 2 is 2.50 bits per heavy atom. The molecule has 1 saturated heterocycles. The molecule has 1 fully saturated rings. The Kier molecular flexibility index (Phi) is 3.70. The van der Waals surface area contributed by atoms with Crippen molar-refractivity contribution in [3.8, 4) is 0 Å². The van der Waals surface area contributed by atoms with Crippen molar-refractivity contribution in [3.63, 3.8) is 0 Å². The summed E-state index contributed by atoms with van der Waals surface area (Å²) in [6.07, 6.45) is 1.82. The Balaban J connectivity index is 2.01. The number of halogens is 1. The number of anilines is 1. The lowest BCUT2D eigenvalue weighted by Crippen LogP contribution is -2.43. The van der Waals surface area contributed by atoms with Gasteiger partial charge >= 0.3 is 0 Å². The first kappa shape index (κ1) is 13.1. The summed E-state index contributed by atoms with van der Waals surface area (Å²) in [5, 5.41) is 12.8. The molecule has 4 N–H and O–H groups in total. The zero-order valence-electron chi connectivity index (χ0n) is 9.65. The first-order valence-corrected chi connectivity index (χ1v) is 5.87. The third-order valence-electron chi connectivity index (χ3n) is 2.81. The minimum Gasteiger partial charge on any atom is -0.397 e. The summed E-state index contributed by atoms with van der Waals surface area (Å²) < 4.78 is 5.08. The summed E-state index contributed by atoms with van der Waals surface area (Å²) in [6, 6.07) is 1.39. The van der Waals surface area contributed by atoms with Crippen LogP contribution in [-0.4, -0.2) is 41.4 Å².